The van der Waals surface area contributed by atoms with Crippen molar-refractivity contribution < 1.29 is 0 Å². The van der Waals surface area contributed by atoms with E-state index in [-0.39, 0.29) is 0 Å². The lowest BCUT2D eigenvalue weighted by Gasteiger charge is -1.97. The normalized spacial score (nSPS) is 11.3. The Balaban J connectivity index is 2.24. The Bertz CT molecular complexity index is 566. The number of azo groups is 1. The van der Waals surface area contributed by atoms with E-state index in [1.165, 1.54) is 0 Å². The summed E-state index contributed by atoms with van der Waals surface area (Å²) >= 11 is 0. The van der Waals surface area contributed by atoms with Crippen LogP contribution in [-0.4, -0.2) is 9.78 Å². The predicted octanol–water partition coefficient (Wildman–Crippen LogP) is 2.91. The third kappa shape index (κ3) is 2.46. The zero-order valence-electron chi connectivity index (χ0n) is 10.9. The molecule has 0 unspecified atom stereocenters. The molecule has 5 heteroatoms. The lowest BCUT2D eigenvalue weighted by molar-refractivity contribution is 0.731. The number of aryl methyl sites for hydroxylation is 2. The summed E-state index contributed by atoms with van der Waals surface area (Å²) in [6.45, 7) is 4.45. The van der Waals surface area contributed by atoms with Gasteiger partial charge in [0.15, 0.2) is 0 Å². The highest BCUT2D eigenvalue weighted by Gasteiger charge is 2.07. The van der Waals surface area contributed by atoms with Gasteiger partial charge in [-0.1, -0.05) is 12.1 Å². The molecule has 0 aliphatic carbocycles. The predicted molar refractivity (Wildman–Crippen MR) is 71.2 cm³/mol. The molecule has 1 heterocycles. The minimum atomic E-state index is 0.540. The van der Waals surface area contributed by atoms with E-state index in [1.807, 2.05) is 45.2 Å². The molecule has 0 saturated heterocycles. The van der Waals surface area contributed by atoms with Crippen molar-refractivity contribution in [2.24, 2.45) is 23.0 Å². The van der Waals surface area contributed by atoms with Gasteiger partial charge in [-0.25, -0.2) is 0 Å². The molecule has 1 aromatic carbocycles. The summed E-state index contributed by atoms with van der Waals surface area (Å²) in [6.07, 6.45) is 0. The van der Waals surface area contributed by atoms with E-state index in [1.54, 1.807) is 4.68 Å². The van der Waals surface area contributed by atoms with E-state index >= 15 is 0 Å². The van der Waals surface area contributed by atoms with Gasteiger partial charge >= 0.3 is 0 Å². The fourth-order valence-electron chi connectivity index (χ4n) is 1.71. The highest BCUT2D eigenvalue weighted by Crippen LogP contribution is 2.24. The summed E-state index contributed by atoms with van der Waals surface area (Å²) in [7, 11) is 1.90. The Morgan fingerprint density at radius 2 is 1.83 bits per heavy atom. The van der Waals surface area contributed by atoms with Crippen molar-refractivity contribution in [1.29, 1.82) is 0 Å². The van der Waals surface area contributed by atoms with Crippen LogP contribution in [0.1, 0.15) is 17.0 Å². The molecule has 0 saturated carbocycles. The molecule has 0 bridgehead atoms. The van der Waals surface area contributed by atoms with Crippen LogP contribution in [0.5, 0.6) is 0 Å². The van der Waals surface area contributed by atoms with Gasteiger partial charge in [0.05, 0.1) is 17.1 Å². The number of rotatable bonds is 3. The summed E-state index contributed by atoms with van der Waals surface area (Å²) < 4.78 is 1.81. The first-order valence-corrected chi connectivity index (χ1v) is 5.82. The highest BCUT2D eigenvalue weighted by atomic mass is 15.3. The van der Waals surface area contributed by atoms with Crippen LogP contribution >= 0.6 is 0 Å². The van der Waals surface area contributed by atoms with Crippen molar-refractivity contribution in [3.05, 3.63) is 41.2 Å². The number of nitrogens with zero attached hydrogens (tertiary/aromatic N) is 4. The Morgan fingerprint density at radius 1 is 1.17 bits per heavy atom. The van der Waals surface area contributed by atoms with Gasteiger partial charge in [0.25, 0.3) is 0 Å². The summed E-state index contributed by atoms with van der Waals surface area (Å²) in [5.41, 5.74) is 10.2. The van der Waals surface area contributed by atoms with E-state index in [4.69, 9.17) is 5.73 Å². The van der Waals surface area contributed by atoms with Gasteiger partial charge in [0, 0.05) is 13.6 Å². The molecule has 2 aromatic rings. The number of hydrogen-bond donors (Lipinski definition) is 1. The first-order chi connectivity index (χ1) is 8.61. The van der Waals surface area contributed by atoms with E-state index in [2.05, 4.69) is 15.3 Å². The number of hydrogen-bond acceptors (Lipinski definition) is 4. The van der Waals surface area contributed by atoms with Gasteiger partial charge < -0.3 is 5.73 Å². The molecule has 94 valence electrons. The van der Waals surface area contributed by atoms with E-state index in [0.717, 1.165) is 28.3 Å². The van der Waals surface area contributed by atoms with Crippen molar-refractivity contribution in [2.75, 3.05) is 0 Å². The third-order valence-electron chi connectivity index (χ3n) is 2.91. The largest absolute Gasteiger partial charge is 0.326 e. The molecule has 1 aromatic heterocycles. The van der Waals surface area contributed by atoms with Gasteiger partial charge in [-0.05, 0) is 31.5 Å². The smallest absolute Gasteiger partial charge is 0.129 e. The Hall–Kier alpha value is -2.01. The summed E-state index contributed by atoms with van der Waals surface area (Å²) in [4.78, 5) is 0. The molecule has 0 amide bonds. The van der Waals surface area contributed by atoms with Crippen molar-refractivity contribution in [2.45, 2.75) is 20.4 Å². The Labute approximate surface area is 106 Å². The van der Waals surface area contributed by atoms with Gasteiger partial charge in [-0.3, -0.25) is 4.68 Å². The lowest BCUT2D eigenvalue weighted by atomic mass is 10.2. The average molecular weight is 243 g/mol. The monoisotopic (exact) mass is 243 g/mol. The first-order valence-electron chi connectivity index (χ1n) is 5.82. The zero-order valence-corrected chi connectivity index (χ0v) is 10.9. The minimum absolute atomic E-state index is 0.540. The second kappa shape index (κ2) is 5.10. The molecule has 0 fully saturated rings. The fraction of sp³-hybridized carbons (Fsp3) is 0.308. The van der Waals surface area contributed by atoms with Gasteiger partial charge in [-0.2, -0.15) is 10.2 Å². The molecule has 18 heavy (non-hydrogen) atoms. The molecular weight excluding hydrogens is 226 g/mol. The standard InChI is InChI=1S/C13H17N5/c1-9-13(10(2)18(3)17-9)16-15-12-6-4-11(8-14)5-7-12/h4-7H,8,14H2,1-3H3. The van der Waals surface area contributed by atoms with Crippen LogP contribution in [0.4, 0.5) is 11.4 Å². The number of aromatic nitrogens is 2. The Morgan fingerprint density at radius 3 is 2.33 bits per heavy atom. The molecule has 0 aliphatic heterocycles. The van der Waals surface area contributed by atoms with Crippen LogP contribution in [0.15, 0.2) is 34.5 Å². The maximum Gasteiger partial charge on any atom is 0.129 e. The van der Waals surface area contributed by atoms with Crippen LogP contribution in [-0.2, 0) is 13.6 Å². The Kier molecular flexibility index (Phi) is 3.53. The van der Waals surface area contributed by atoms with E-state index in [0.29, 0.717) is 6.54 Å². The second-order valence-electron chi connectivity index (χ2n) is 4.21. The van der Waals surface area contributed by atoms with Crippen molar-refractivity contribution in [3.63, 3.8) is 0 Å². The van der Waals surface area contributed by atoms with Gasteiger partial charge in [-0.15, -0.1) is 5.11 Å². The van der Waals surface area contributed by atoms with Crippen LogP contribution < -0.4 is 5.73 Å². The first kappa shape index (κ1) is 12.4. The van der Waals surface area contributed by atoms with Crippen LogP contribution in [0.25, 0.3) is 0 Å². The fourth-order valence-corrected chi connectivity index (χ4v) is 1.71. The number of nitrogens with two attached hydrogens (primary N) is 1. The topological polar surface area (TPSA) is 68.6 Å². The minimum Gasteiger partial charge on any atom is -0.326 e. The summed E-state index contributed by atoms with van der Waals surface area (Å²) in [5, 5.41) is 12.8. The van der Waals surface area contributed by atoms with Crippen LogP contribution in [0, 0.1) is 13.8 Å². The molecule has 5 nitrogen and oxygen atoms in total. The van der Waals surface area contributed by atoms with Crippen molar-refractivity contribution in [3.8, 4) is 0 Å². The SMILES string of the molecule is Cc1nn(C)c(C)c1N=Nc1ccc(CN)cc1. The lowest BCUT2D eigenvalue weighted by Crippen LogP contribution is -1.94. The average Bonchev–Trinajstić information content (AvgIpc) is 2.62. The molecule has 0 spiro atoms. The molecule has 0 atom stereocenters. The van der Waals surface area contributed by atoms with Crippen LogP contribution in [0.2, 0.25) is 0 Å². The maximum absolute atomic E-state index is 5.54. The molecule has 2 rings (SSSR count). The van der Waals surface area contributed by atoms with Crippen LogP contribution in [0.3, 0.4) is 0 Å². The van der Waals surface area contributed by atoms with Gasteiger partial charge in [0.1, 0.15) is 5.69 Å². The summed E-state index contributed by atoms with van der Waals surface area (Å²) in [5.74, 6) is 0. The van der Waals surface area contributed by atoms with Crippen molar-refractivity contribution >= 4 is 11.4 Å². The van der Waals surface area contributed by atoms with Crippen molar-refractivity contribution in [1.82, 2.24) is 9.78 Å². The second-order valence-corrected chi connectivity index (χ2v) is 4.21. The van der Waals surface area contributed by atoms with Gasteiger partial charge in [0.2, 0.25) is 0 Å². The third-order valence-corrected chi connectivity index (χ3v) is 2.91. The molecular formula is C13H17N5. The molecule has 0 aliphatic rings. The summed E-state index contributed by atoms with van der Waals surface area (Å²) in [6, 6.07) is 7.73. The quantitative estimate of drug-likeness (QED) is 0.842. The molecule has 2 N–H and O–H groups in total. The maximum atomic E-state index is 5.54. The van der Waals surface area contributed by atoms with E-state index in [9.17, 15) is 0 Å². The van der Waals surface area contributed by atoms with E-state index < -0.39 is 0 Å². The number of benzene rings is 1. The zero-order chi connectivity index (χ0) is 13.1. The molecule has 0 radical (unpaired) electrons. The highest BCUT2D eigenvalue weighted by molar-refractivity contribution is 5.47.